The largest absolute Gasteiger partial charge is 0.507 e. The van der Waals surface area contributed by atoms with Crippen LogP contribution in [-0.2, 0) is 0 Å². The summed E-state index contributed by atoms with van der Waals surface area (Å²) in [7, 11) is 0. The zero-order chi connectivity index (χ0) is 13.1. The molecule has 0 atom stereocenters. The Bertz CT molecular complexity index is 601. The number of phenolic OH excluding ortho intramolecular Hbond substituents is 1. The van der Waals surface area contributed by atoms with Gasteiger partial charge in [-0.1, -0.05) is 12.1 Å². The zero-order valence-corrected chi connectivity index (χ0v) is 12.9. The minimum absolute atomic E-state index is 0.0278. The Morgan fingerprint density at radius 2 is 1.94 bits per heavy atom. The molecule has 0 saturated carbocycles. The number of aromatic hydroxyl groups is 1. The van der Waals surface area contributed by atoms with Gasteiger partial charge in [-0.15, -0.1) is 0 Å². The second kappa shape index (κ2) is 5.71. The number of halogens is 2. The first-order valence-electron chi connectivity index (χ1n) is 5.12. The van der Waals surface area contributed by atoms with Gasteiger partial charge in [0, 0.05) is 8.04 Å². The summed E-state index contributed by atoms with van der Waals surface area (Å²) in [4.78, 5) is 12.0. The van der Waals surface area contributed by atoms with E-state index < -0.39 is 0 Å². The van der Waals surface area contributed by atoms with Gasteiger partial charge in [0.2, 0.25) is 0 Å². The van der Waals surface area contributed by atoms with Gasteiger partial charge >= 0.3 is 0 Å². The first-order chi connectivity index (χ1) is 8.58. The molecule has 0 radical (unpaired) electrons. The maximum atomic E-state index is 12.0. The van der Waals surface area contributed by atoms with Crippen LogP contribution in [0, 0.1) is 3.57 Å². The average molecular weight is 418 g/mol. The van der Waals surface area contributed by atoms with Crippen LogP contribution >= 0.6 is 38.5 Å². The van der Waals surface area contributed by atoms with Crippen molar-refractivity contribution in [3.63, 3.8) is 0 Å². The van der Waals surface area contributed by atoms with E-state index in [1.807, 2.05) is 18.2 Å². The van der Waals surface area contributed by atoms with Crippen LogP contribution in [0.5, 0.6) is 5.75 Å². The van der Waals surface area contributed by atoms with E-state index in [0.29, 0.717) is 5.69 Å². The number of phenols is 1. The molecule has 2 aromatic rings. The van der Waals surface area contributed by atoms with E-state index in [9.17, 15) is 9.90 Å². The van der Waals surface area contributed by atoms with Gasteiger partial charge in [0.1, 0.15) is 5.75 Å². The fraction of sp³-hybridized carbons (Fsp3) is 0. The van der Waals surface area contributed by atoms with Crippen molar-refractivity contribution in [2.24, 2.45) is 0 Å². The highest BCUT2D eigenvalue weighted by Gasteiger charge is 2.12. The Kier molecular flexibility index (Phi) is 4.23. The Hall–Kier alpha value is -1.08. The van der Waals surface area contributed by atoms with Gasteiger partial charge in [0.15, 0.2) is 0 Å². The molecule has 18 heavy (non-hydrogen) atoms. The van der Waals surface area contributed by atoms with Gasteiger partial charge in [-0.2, -0.15) is 0 Å². The van der Waals surface area contributed by atoms with Crippen molar-refractivity contribution in [3.05, 3.63) is 56.1 Å². The molecular formula is C13H9BrINO2. The molecular weight excluding hydrogens is 409 g/mol. The number of nitrogens with one attached hydrogen (secondary N) is 1. The van der Waals surface area contributed by atoms with Gasteiger partial charge in [-0.25, -0.2) is 0 Å². The second-order valence-electron chi connectivity index (χ2n) is 3.60. The fourth-order valence-electron chi connectivity index (χ4n) is 1.44. The van der Waals surface area contributed by atoms with Crippen LogP contribution in [0.15, 0.2) is 46.9 Å². The van der Waals surface area contributed by atoms with Gasteiger partial charge in [-0.05, 0) is 68.9 Å². The molecule has 2 rings (SSSR count). The lowest BCUT2D eigenvalue weighted by molar-refractivity contribution is 0.102. The highest BCUT2D eigenvalue weighted by Crippen LogP contribution is 2.24. The summed E-state index contributed by atoms with van der Waals surface area (Å²) in [5, 5.41) is 12.4. The van der Waals surface area contributed by atoms with Crippen LogP contribution in [0.2, 0.25) is 0 Å². The second-order valence-corrected chi connectivity index (χ2v) is 5.70. The van der Waals surface area contributed by atoms with Crippen molar-refractivity contribution < 1.29 is 9.90 Å². The summed E-state index contributed by atoms with van der Waals surface area (Å²) in [6, 6.07) is 12.2. The smallest absolute Gasteiger partial charge is 0.259 e. The zero-order valence-electron chi connectivity index (χ0n) is 9.15. The third kappa shape index (κ3) is 3.02. The summed E-state index contributed by atoms with van der Waals surface area (Å²) in [5.74, 6) is -0.363. The maximum absolute atomic E-state index is 12.0. The number of para-hydroxylation sites is 1. The SMILES string of the molecule is O=C(Nc1ccccc1Br)c1cc(I)ccc1O. The summed E-state index contributed by atoms with van der Waals surface area (Å²) in [6.07, 6.45) is 0. The molecule has 0 aliphatic rings. The molecule has 0 fully saturated rings. The number of amides is 1. The third-order valence-electron chi connectivity index (χ3n) is 2.33. The van der Waals surface area contributed by atoms with Crippen LogP contribution in [0.25, 0.3) is 0 Å². The van der Waals surface area contributed by atoms with Gasteiger partial charge in [0.25, 0.3) is 5.91 Å². The minimum Gasteiger partial charge on any atom is -0.507 e. The van der Waals surface area contributed by atoms with Gasteiger partial charge < -0.3 is 10.4 Å². The number of anilines is 1. The quantitative estimate of drug-likeness (QED) is 0.725. The molecule has 0 aliphatic heterocycles. The van der Waals surface area contributed by atoms with Crippen LogP contribution in [0.4, 0.5) is 5.69 Å². The number of carbonyl (C=O) groups excluding carboxylic acids is 1. The van der Waals surface area contributed by atoms with E-state index in [1.165, 1.54) is 6.07 Å². The molecule has 3 nitrogen and oxygen atoms in total. The van der Waals surface area contributed by atoms with Crippen molar-refractivity contribution in [1.29, 1.82) is 0 Å². The molecule has 0 saturated heterocycles. The molecule has 0 aromatic heterocycles. The van der Waals surface area contributed by atoms with E-state index in [4.69, 9.17) is 0 Å². The van der Waals surface area contributed by atoms with Crippen molar-refractivity contribution in [1.82, 2.24) is 0 Å². The van der Waals surface area contributed by atoms with Crippen LogP contribution < -0.4 is 5.32 Å². The predicted octanol–water partition coefficient (Wildman–Crippen LogP) is 4.01. The molecule has 2 aromatic carbocycles. The van der Waals surface area contributed by atoms with Crippen molar-refractivity contribution in [3.8, 4) is 5.75 Å². The molecule has 92 valence electrons. The van der Waals surface area contributed by atoms with Crippen LogP contribution in [-0.4, -0.2) is 11.0 Å². The predicted molar refractivity (Wildman–Crippen MR) is 82.9 cm³/mol. The van der Waals surface area contributed by atoms with Crippen LogP contribution in [0.3, 0.4) is 0 Å². The molecule has 0 spiro atoms. The normalized spacial score (nSPS) is 10.1. The summed E-state index contributed by atoms with van der Waals surface area (Å²) < 4.78 is 1.69. The Balaban J connectivity index is 2.28. The van der Waals surface area contributed by atoms with Crippen molar-refractivity contribution in [2.75, 3.05) is 5.32 Å². The molecule has 0 unspecified atom stereocenters. The number of rotatable bonds is 2. The number of hydrogen-bond donors (Lipinski definition) is 2. The fourth-order valence-corrected chi connectivity index (χ4v) is 2.32. The Morgan fingerprint density at radius 3 is 2.67 bits per heavy atom. The van der Waals surface area contributed by atoms with Crippen molar-refractivity contribution in [2.45, 2.75) is 0 Å². The summed E-state index contributed by atoms with van der Waals surface area (Å²) >= 11 is 5.44. The molecule has 0 aliphatic carbocycles. The Morgan fingerprint density at radius 1 is 1.22 bits per heavy atom. The highest BCUT2D eigenvalue weighted by molar-refractivity contribution is 14.1. The van der Waals surface area contributed by atoms with Crippen molar-refractivity contribution >= 4 is 50.1 Å². The maximum Gasteiger partial charge on any atom is 0.259 e. The number of hydrogen-bond acceptors (Lipinski definition) is 2. The van der Waals surface area contributed by atoms with E-state index in [0.717, 1.165) is 8.04 Å². The third-order valence-corrected chi connectivity index (χ3v) is 3.69. The first kappa shape index (κ1) is 13.4. The standard InChI is InChI=1S/C13H9BrINO2/c14-10-3-1-2-4-11(10)16-13(18)9-7-8(15)5-6-12(9)17/h1-7,17H,(H,16,18). The molecule has 1 amide bonds. The highest BCUT2D eigenvalue weighted by atomic mass is 127. The monoisotopic (exact) mass is 417 g/mol. The van der Waals surface area contributed by atoms with Crippen LogP contribution in [0.1, 0.15) is 10.4 Å². The van der Waals surface area contributed by atoms with E-state index >= 15 is 0 Å². The Labute approximate surface area is 126 Å². The molecule has 5 heteroatoms. The number of carbonyl (C=O) groups is 1. The van der Waals surface area contributed by atoms with E-state index in [2.05, 4.69) is 43.8 Å². The molecule has 2 N–H and O–H groups in total. The first-order valence-corrected chi connectivity index (χ1v) is 6.99. The lowest BCUT2D eigenvalue weighted by Crippen LogP contribution is -2.12. The number of benzene rings is 2. The minimum atomic E-state index is -0.335. The lowest BCUT2D eigenvalue weighted by atomic mass is 10.2. The lowest BCUT2D eigenvalue weighted by Gasteiger charge is -2.08. The summed E-state index contributed by atoms with van der Waals surface area (Å²) in [6.45, 7) is 0. The molecule has 0 heterocycles. The average Bonchev–Trinajstić information content (AvgIpc) is 2.35. The van der Waals surface area contributed by atoms with Gasteiger partial charge in [0.05, 0.1) is 11.3 Å². The topological polar surface area (TPSA) is 49.3 Å². The molecule has 0 bridgehead atoms. The summed E-state index contributed by atoms with van der Waals surface area (Å²) in [5.41, 5.74) is 0.929. The van der Waals surface area contributed by atoms with E-state index in [1.54, 1.807) is 18.2 Å². The van der Waals surface area contributed by atoms with E-state index in [-0.39, 0.29) is 17.2 Å². The van der Waals surface area contributed by atoms with Gasteiger partial charge in [-0.3, -0.25) is 4.79 Å².